The summed E-state index contributed by atoms with van der Waals surface area (Å²) in [6.45, 7) is 2.33. The summed E-state index contributed by atoms with van der Waals surface area (Å²) >= 11 is 1.56. The van der Waals surface area contributed by atoms with Crippen LogP contribution in [0.1, 0.15) is 22.2 Å². The van der Waals surface area contributed by atoms with Crippen LogP contribution in [0, 0.1) is 0 Å². The van der Waals surface area contributed by atoms with Gasteiger partial charge in [-0.3, -0.25) is 9.69 Å². The van der Waals surface area contributed by atoms with Crippen LogP contribution in [0.25, 0.3) is 0 Å². The molecule has 0 bridgehead atoms. The van der Waals surface area contributed by atoms with Crippen molar-refractivity contribution < 1.29 is 4.79 Å². The van der Waals surface area contributed by atoms with E-state index in [1.54, 1.807) is 11.3 Å². The number of carbonyl (C=O) groups is 1. The van der Waals surface area contributed by atoms with E-state index in [1.807, 2.05) is 45.7 Å². The quantitative estimate of drug-likeness (QED) is 0.844. The molecule has 0 aliphatic carbocycles. The highest BCUT2D eigenvalue weighted by molar-refractivity contribution is 7.08. The van der Waals surface area contributed by atoms with E-state index in [9.17, 15) is 4.79 Å². The second-order valence-electron chi connectivity index (χ2n) is 5.16. The standard InChI is InChI=1S/C14H18N4OS/c1-16-6-7-18(14(19)11-3-8-20-10-11)9-12(16)13-15-4-5-17(13)2/h3-5,8,10,12H,6-7,9H2,1-2H3/t12-/m1/s1. The number of amides is 1. The van der Waals surface area contributed by atoms with Crippen molar-refractivity contribution in [3.63, 3.8) is 0 Å². The molecule has 1 atom stereocenters. The van der Waals surface area contributed by atoms with Gasteiger partial charge in [-0.05, 0) is 18.5 Å². The first-order valence-electron chi connectivity index (χ1n) is 6.65. The summed E-state index contributed by atoms with van der Waals surface area (Å²) in [7, 11) is 4.08. The number of carbonyl (C=O) groups excluding carboxylic acids is 1. The fourth-order valence-electron chi connectivity index (χ4n) is 2.60. The molecular formula is C14H18N4OS. The van der Waals surface area contributed by atoms with E-state index >= 15 is 0 Å². The summed E-state index contributed by atoms with van der Waals surface area (Å²) in [6.07, 6.45) is 3.76. The second-order valence-corrected chi connectivity index (χ2v) is 5.94. The number of piperazine rings is 1. The van der Waals surface area contributed by atoms with Gasteiger partial charge in [-0.15, -0.1) is 0 Å². The number of rotatable bonds is 2. The molecule has 3 heterocycles. The summed E-state index contributed by atoms with van der Waals surface area (Å²) in [5.74, 6) is 1.13. The number of thiophene rings is 1. The molecule has 3 rings (SSSR count). The molecule has 0 saturated carbocycles. The van der Waals surface area contributed by atoms with Gasteiger partial charge in [0.15, 0.2) is 0 Å². The van der Waals surface area contributed by atoms with E-state index in [4.69, 9.17) is 0 Å². The first-order chi connectivity index (χ1) is 9.66. The van der Waals surface area contributed by atoms with Gasteiger partial charge in [-0.25, -0.2) is 4.98 Å². The average molecular weight is 290 g/mol. The van der Waals surface area contributed by atoms with Crippen molar-refractivity contribution in [1.29, 1.82) is 0 Å². The Morgan fingerprint density at radius 2 is 2.25 bits per heavy atom. The van der Waals surface area contributed by atoms with Crippen molar-refractivity contribution in [2.45, 2.75) is 6.04 Å². The molecule has 106 valence electrons. The van der Waals surface area contributed by atoms with E-state index in [-0.39, 0.29) is 11.9 Å². The highest BCUT2D eigenvalue weighted by Crippen LogP contribution is 2.23. The molecule has 5 nitrogen and oxygen atoms in total. The Bertz CT molecular complexity index is 592. The summed E-state index contributed by atoms with van der Waals surface area (Å²) in [5, 5.41) is 3.86. The molecule has 0 aromatic carbocycles. The van der Waals surface area contributed by atoms with Crippen LogP contribution in [-0.2, 0) is 7.05 Å². The predicted molar refractivity (Wildman–Crippen MR) is 78.8 cm³/mol. The third-order valence-electron chi connectivity index (χ3n) is 3.86. The third-order valence-corrected chi connectivity index (χ3v) is 4.54. The maximum atomic E-state index is 12.5. The van der Waals surface area contributed by atoms with Crippen LogP contribution >= 0.6 is 11.3 Å². The molecule has 6 heteroatoms. The number of imidazole rings is 1. The van der Waals surface area contributed by atoms with Crippen LogP contribution in [0.2, 0.25) is 0 Å². The molecule has 0 spiro atoms. The Labute approximate surface area is 122 Å². The lowest BCUT2D eigenvalue weighted by Gasteiger charge is -2.38. The molecule has 2 aromatic heterocycles. The van der Waals surface area contributed by atoms with Crippen molar-refractivity contribution in [2.75, 3.05) is 26.7 Å². The highest BCUT2D eigenvalue weighted by Gasteiger charge is 2.31. The van der Waals surface area contributed by atoms with E-state index < -0.39 is 0 Å². The second kappa shape index (κ2) is 5.38. The van der Waals surface area contributed by atoms with Crippen molar-refractivity contribution in [3.8, 4) is 0 Å². The molecule has 0 unspecified atom stereocenters. The maximum Gasteiger partial charge on any atom is 0.254 e. The predicted octanol–water partition coefficient (Wildman–Crippen LogP) is 1.61. The molecule has 1 amide bonds. The minimum atomic E-state index is 0.124. The van der Waals surface area contributed by atoms with Crippen molar-refractivity contribution in [2.24, 2.45) is 7.05 Å². The largest absolute Gasteiger partial charge is 0.337 e. The Kier molecular flexibility index (Phi) is 3.58. The Morgan fingerprint density at radius 1 is 1.40 bits per heavy atom. The Balaban J connectivity index is 1.80. The van der Waals surface area contributed by atoms with Crippen LogP contribution < -0.4 is 0 Å². The normalized spacial score (nSPS) is 20.3. The van der Waals surface area contributed by atoms with Gasteiger partial charge in [0.25, 0.3) is 5.91 Å². The van der Waals surface area contributed by atoms with Crippen molar-refractivity contribution in [3.05, 3.63) is 40.6 Å². The van der Waals surface area contributed by atoms with Crippen LogP contribution in [0.4, 0.5) is 0 Å². The van der Waals surface area contributed by atoms with Gasteiger partial charge < -0.3 is 9.47 Å². The zero-order chi connectivity index (χ0) is 14.1. The first kappa shape index (κ1) is 13.3. The lowest BCUT2D eigenvalue weighted by Crippen LogP contribution is -2.49. The van der Waals surface area contributed by atoms with Crippen LogP contribution in [-0.4, -0.2) is 51.9 Å². The lowest BCUT2D eigenvalue weighted by atomic mass is 10.1. The molecule has 20 heavy (non-hydrogen) atoms. The van der Waals surface area contributed by atoms with E-state index in [0.29, 0.717) is 6.54 Å². The minimum absolute atomic E-state index is 0.124. The van der Waals surface area contributed by atoms with Gasteiger partial charge >= 0.3 is 0 Å². The molecule has 1 aliphatic rings. The molecule has 1 saturated heterocycles. The van der Waals surface area contributed by atoms with E-state index in [0.717, 1.165) is 24.5 Å². The van der Waals surface area contributed by atoms with Crippen LogP contribution in [0.3, 0.4) is 0 Å². The smallest absolute Gasteiger partial charge is 0.254 e. The van der Waals surface area contributed by atoms with Crippen LogP contribution in [0.5, 0.6) is 0 Å². The number of hydrogen-bond acceptors (Lipinski definition) is 4. The summed E-state index contributed by atoms with van der Waals surface area (Å²) < 4.78 is 2.03. The van der Waals surface area contributed by atoms with Gasteiger partial charge in [0.1, 0.15) is 5.82 Å². The van der Waals surface area contributed by atoms with Crippen molar-refractivity contribution >= 4 is 17.2 Å². The molecule has 1 aliphatic heterocycles. The van der Waals surface area contributed by atoms with E-state index in [1.165, 1.54) is 0 Å². The molecule has 0 N–H and O–H groups in total. The van der Waals surface area contributed by atoms with Gasteiger partial charge in [0, 0.05) is 44.5 Å². The molecule has 1 fully saturated rings. The minimum Gasteiger partial charge on any atom is -0.337 e. The zero-order valence-corrected chi connectivity index (χ0v) is 12.5. The molecular weight excluding hydrogens is 272 g/mol. The number of aryl methyl sites for hydroxylation is 1. The van der Waals surface area contributed by atoms with Gasteiger partial charge in [0.2, 0.25) is 0 Å². The summed E-state index contributed by atoms with van der Waals surface area (Å²) in [5.41, 5.74) is 0.790. The number of likely N-dealkylation sites (N-methyl/N-ethyl adjacent to an activating group) is 1. The Morgan fingerprint density at radius 3 is 2.90 bits per heavy atom. The molecule has 2 aromatic rings. The summed E-state index contributed by atoms with van der Waals surface area (Å²) in [6, 6.07) is 2.05. The summed E-state index contributed by atoms with van der Waals surface area (Å²) in [4.78, 5) is 21.1. The number of nitrogens with zero attached hydrogens (tertiary/aromatic N) is 4. The fourth-order valence-corrected chi connectivity index (χ4v) is 3.23. The SMILES string of the molecule is CN1CCN(C(=O)c2ccsc2)C[C@@H]1c1nccn1C. The van der Waals surface area contributed by atoms with Gasteiger partial charge in [0.05, 0.1) is 11.6 Å². The fraction of sp³-hybridized carbons (Fsp3) is 0.429. The zero-order valence-electron chi connectivity index (χ0n) is 11.7. The maximum absolute atomic E-state index is 12.5. The highest BCUT2D eigenvalue weighted by atomic mass is 32.1. The first-order valence-corrected chi connectivity index (χ1v) is 7.60. The number of hydrogen-bond donors (Lipinski definition) is 0. The van der Waals surface area contributed by atoms with Crippen molar-refractivity contribution in [1.82, 2.24) is 19.4 Å². The third kappa shape index (κ3) is 2.36. The average Bonchev–Trinajstić information content (AvgIpc) is 3.10. The number of aromatic nitrogens is 2. The lowest BCUT2D eigenvalue weighted by molar-refractivity contribution is 0.0529. The topological polar surface area (TPSA) is 41.4 Å². The van der Waals surface area contributed by atoms with Gasteiger partial charge in [-0.2, -0.15) is 11.3 Å². The Hall–Kier alpha value is -1.66. The monoisotopic (exact) mass is 290 g/mol. The molecule has 0 radical (unpaired) electrons. The van der Waals surface area contributed by atoms with Gasteiger partial charge in [-0.1, -0.05) is 0 Å². The van der Waals surface area contributed by atoms with Crippen LogP contribution in [0.15, 0.2) is 29.2 Å². The van der Waals surface area contributed by atoms with E-state index in [2.05, 4.69) is 16.9 Å².